The minimum absolute atomic E-state index is 0.0510. The number of ether oxygens (including phenoxy) is 1. The number of hydrogen-bond acceptors (Lipinski definition) is 5. The Morgan fingerprint density at radius 1 is 1.42 bits per heavy atom. The van der Waals surface area contributed by atoms with Gasteiger partial charge in [0, 0.05) is 45.7 Å². The lowest BCUT2D eigenvalue weighted by Crippen LogP contribution is -2.45. The molecule has 0 aromatic heterocycles. The van der Waals surface area contributed by atoms with Gasteiger partial charge in [-0.15, -0.1) is 0 Å². The molecule has 0 saturated carbocycles. The molecular formula is C14H25N3O2. The average Bonchev–Trinajstić information content (AvgIpc) is 2.46. The molecule has 0 spiro atoms. The number of nitrogens with zero attached hydrogens (tertiary/aromatic N) is 2. The van der Waals surface area contributed by atoms with Crippen LogP contribution in [0.25, 0.3) is 0 Å². The Bertz CT molecular complexity index is 312. The highest BCUT2D eigenvalue weighted by molar-refractivity contribution is 5.39. The smallest absolute Gasteiger partial charge is 0.293 e. The van der Waals surface area contributed by atoms with Crippen molar-refractivity contribution in [3.8, 4) is 0 Å². The Kier molecular flexibility index (Phi) is 5.82. The van der Waals surface area contributed by atoms with Gasteiger partial charge in [-0.3, -0.25) is 4.79 Å². The summed E-state index contributed by atoms with van der Waals surface area (Å²) in [7, 11) is 2.16. The molecule has 0 aromatic rings. The average molecular weight is 267 g/mol. The first-order valence-electron chi connectivity index (χ1n) is 7.19. The van der Waals surface area contributed by atoms with Gasteiger partial charge in [0.15, 0.2) is 0 Å². The molecule has 0 radical (unpaired) electrons. The summed E-state index contributed by atoms with van der Waals surface area (Å²) in [6, 6.07) is 0. The molecule has 1 fully saturated rings. The van der Waals surface area contributed by atoms with Crippen molar-refractivity contribution in [1.82, 2.24) is 15.1 Å². The van der Waals surface area contributed by atoms with E-state index in [4.69, 9.17) is 4.74 Å². The highest BCUT2D eigenvalue weighted by Crippen LogP contribution is 2.14. The number of piperazine rings is 1. The number of hydrogen-bond donors (Lipinski definition) is 1. The number of carbonyl (C=O) groups excluding carboxylic acids is 1. The lowest BCUT2D eigenvalue weighted by Gasteiger charge is -2.33. The minimum atomic E-state index is -0.0510. The second kappa shape index (κ2) is 7.62. The van der Waals surface area contributed by atoms with Crippen LogP contribution in [0.4, 0.5) is 0 Å². The monoisotopic (exact) mass is 267 g/mol. The molecule has 2 aliphatic rings. The summed E-state index contributed by atoms with van der Waals surface area (Å²) in [5, 5.41) is 3.33. The van der Waals surface area contributed by atoms with E-state index in [1.807, 2.05) is 0 Å². The van der Waals surface area contributed by atoms with E-state index in [9.17, 15) is 4.79 Å². The van der Waals surface area contributed by atoms with Gasteiger partial charge in [0.25, 0.3) is 6.47 Å². The summed E-state index contributed by atoms with van der Waals surface area (Å²) in [6.07, 6.45) is 4.10. The van der Waals surface area contributed by atoms with Crippen molar-refractivity contribution >= 4 is 6.47 Å². The molecule has 108 valence electrons. The quantitative estimate of drug-likeness (QED) is 0.546. The third-order valence-electron chi connectivity index (χ3n) is 3.99. The summed E-state index contributed by atoms with van der Waals surface area (Å²) in [4.78, 5) is 15.5. The highest BCUT2D eigenvalue weighted by Gasteiger charge is 2.20. The predicted octanol–water partition coefficient (Wildman–Crippen LogP) is 0.0852. The number of carbonyl (C=O) groups is 1. The summed E-state index contributed by atoms with van der Waals surface area (Å²) in [5.74, 6) is 0. The van der Waals surface area contributed by atoms with Crippen molar-refractivity contribution in [2.75, 3.05) is 52.9 Å². The lowest BCUT2D eigenvalue weighted by atomic mass is 10.0. The number of likely N-dealkylation sites (N-methyl/N-ethyl adjacent to an activating group) is 1. The molecule has 19 heavy (non-hydrogen) atoms. The van der Waals surface area contributed by atoms with Crippen molar-refractivity contribution in [1.29, 1.82) is 0 Å². The van der Waals surface area contributed by atoms with E-state index in [2.05, 4.69) is 28.2 Å². The van der Waals surface area contributed by atoms with Crippen LogP contribution < -0.4 is 5.32 Å². The number of nitrogens with one attached hydrogen (secondary N) is 1. The van der Waals surface area contributed by atoms with Crippen LogP contribution in [0.15, 0.2) is 11.6 Å². The molecule has 1 N–H and O–H groups in total. The molecule has 1 unspecified atom stereocenters. The van der Waals surface area contributed by atoms with Gasteiger partial charge in [-0.05, 0) is 25.6 Å². The van der Waals surface area contributed by atoms with Crippen LogP contribution in [0.2, 0.25) is 0 Å². The van der Waals surface area contributed by atoms with E-state index in [1.165, 1.54) is 5.57 Å². The third-order valence-corrected chi connectivity index (χ3v) is 3.99. The first kappa shape index (κ1) is 14.5. The van der Waals surface area contributed by atoms with Gasteiger partial charge < -0.3 is 19.9 Å². The molecule has 0 bridgehead atoms. The second-order valence-electron chi connectivity index (χ2n) is 5.40. The largest absolute Gasteiger partial charge is 0.460 e. The summed E-state index contributed by atoms with van der Waals surface area (Å²) < 4.78 is 5.27. The van der Waals surface area contributed by atoms with E-state index >= 15 is 0 Å². The fraction of sp³-hybridized carbons (Fsp3) is 0.786. The predicted molar refractivity (Wildman–Crippen MR) is 75.1 cm³/mol. The first-order valence-corrected chi connectivity index (χ1v) is 7.19. The second-order valence-corrected chi connectivity index (χ2v) is 5.40. The molecule has 5 heteroatoms. The zero-order valence-electron chi connectivity index (χ0n) is 11.8. The Balaban J connectivity index is 1.79. The Morgan fingerprint density at radius 2 is 2.21 bits per heavy atom. The van der Waals surface area contributed by atoms with Crippen LogP contribution in [0, 0.1) is 0 Å². The van der Waals surface area contributed by atoms with E-state index < -0.39 is 0 Å². The maximum atomic E-state index is 10.7. The summed E-state index contributed by atoms with van der Waals surface area (Å²) in [5.41, 5.74) is 1.23. The molecular weight excluding hydrogens is 242 g/mol. The van der Waals surface area contributed by atoms with Gasteiger partial charge in [0.1, 0.15) is 6.10 Å². The number of rotatable bonds is 6. The van der Waals surface area contributed by atoms with Gasteiger partial charge in [-0.1, -0.05) is 6.08 Å². The van der Waals surface area contributed by atoms with Crippen molar-refractivity contribution in [3.05, 3.63) is 11.6 Å². The zero-order valence-corrected chi connectivity index (χ0v) is 11.8. The van der Waals surface area contributed by atoms with E-state index in [0.29, 0.717) is 6.47 Å². The maximum absolute atomic E-state index is 10.7. The van der Waals surface area contributed by atoms with E-state index in [-0.39, 0.29) is 6.10 Å². The fourth-order valence-corrected chi connectivity index (χ4v) is 2.69. The van der Waals surface area contributed by atoms with Gasteiger partial charge in [-0.2, -0.15) is 0 Å². The molecule has 2 heterocycles. The standard InChI is InChI=1S/C14H25N3O2/c1-16-7-9-17(10-8-16)6-4-14(19-12-18)13-3-2-5-15-11-13/h3,12,14-15H,2,4-11H2,1H3. The van der Waals surface area contributed by atoms with Crippen LogP contribution in [0.3, 0.4) is 0 Å². The fourth-order valence-electron chi connectivity index (χ4n) is 2.69. The maximum Gasteiger partial charge on any atom is 0.293 e. The molecule has 1 saturated heterocycles. The van der Waals surface area contributed by atoms with Gasteiger partial charge in [0.2, 0.25) is 0 Å². The van der Waals surface area contributed by atoms with Crippen LogP contribution in [0.1, 0.15) is 12.8 Å². The molecule has 5 nitrogen and oxygen atoms in total. The van der Waals surface area contributed by atoms with Crippen molar-refractivity contribution in [2.45, 2.75) is 18.9 Å². The zero-order chi connectivity index (χ0) is 13.5. The van der Waals surface area contributed by atoms with E-state index in [0.717, 1.165) is 58.7 Å². The van der Waals surface area contributed by atoms with Crippen LogP contribution in [-0.4, -0.2) is 75.2 Å². The Hall–Kier alpha value is -0.910. The summed E-state index contributed by atoms with van der Waals surface area (Å²) in [6.45, 7) is 7.95. The minimum Gasteiger partial charge on any atom is -0.460 e. The Labute approximate surface area is 115 Å². The highest BCUT2D eigenvalue weighted by atomic mass is 16.5. The van der Waals surface area contributed by atoms with Crippen LogP contribution in [0.5, 0.6) is 0 Å². The van der Waals surface area contributed by atoms with Crippen LogP contribution >= 0.6 is 0 Å². The first-order chi connectivity index (χ1) is 9.29. The van der Waals surface area contributed by atoms with Crippen LogP contribution in [-0.2, 0) is 9.53 Å². The van der Waals surface area contributed by atoms with Crippen molar-refractivity contribution in [2.24, 2.45) is 0 Å². The van der Waals surface area contributed by atoms with Gasteiger partial charge in [-0.25, -0.2) is 0 Å². The molecule has 1 atom stereocenters. The topological polar surface area (TPSA) is 44.8 Å². The molecule has 2 rings (SSSR count). The SMILES string of the molecule is CN1CCN(CCC(OC=O)C2=CCCNC2)CC1. The third kappa shape index (κ3) is 4.60. The lowest BCUT2D eigenvalue weighted by molar-refractivity contribution is -0.132. The molecule has 0 amide bonds. The summed E-state index contributed by atoms with van der Waals surface area (Å²) >= 11 is 0. The van der Waals surface area contributed by atoms with Crippen molar-refractivity contribution in [3.63, 3.8) is 0 Å². The van der Waals surface area contributed by atoms with Gasteiger partial charge >= 0.3 is 0 Å². The van der Waals surface area contributed by atoms with E-state index in [1.54, 1.807) is 0 Å². The molecule has 0 aromatic carbocycles. The molecule has 0 aliphatic carbocycles. The van der Waals surface area contributed by atoms with Gasteiger partial charge in [0.05, 0.1) is 0 Å². The Morgan fingerprint density at radius 3 is 2.84 bits per heavy atom. The normalized spacial score (nSPS) is 23.7. The van der Waals surface area contributed by atoms with Crippen molar-refractivity contribution < 1.29 is 9.53 Å². The molecule has 2 aliphatic heterocycles.